The van der Waals surface area contributed by atoms with Crippen molar-refractivity contribution in [3.63, 3.8) is 0 Å². The third kappa shape index (κ3) is 2.96. The highest BCUT2D eigenvalue weighted by molar-refractivity contribution is 14.1. The quantitative estimate of drug-likeness (QED) is 0.591. The average Bonchev–Trinajstić information content (AvgIpc) is 2.74. The molecule has 0 radical (unpaired) electrons. The van der Waals surface area contributed by atoms with Crippen molar-refractivity contribution in [2.45, 2.75) is 64.5 Å². The lowest BCUT2D eigenvalue weighted by molar-refractivity contribution is -0.127. The first kappa shape index (κ1) is 16.4. The highest BCUT2D eigenvalue weighted by atomic mass is 127. The van der Waals surface area contributed by atoms with Crippen LogP contribution in [0.5, 0.6) is 0 Å². The van der Waals surface area contributed by atoms with Gasteiger partial charge in [-0.15, -0.1) is 0 Å². The minimum atomic E-state index is -0.110. The molecule has 0 aromatic carbocycles. The van der Waals surface area contributed by atoms with Crippen LogP contribution in [0.3, 0.4) is 0 Å². The molecule has 1 N–H and O–H groups in total. The molecule has 1 aromatic heterocycles. The minimum Gasteiger partial charge on any atom is -0.350 e. The van der Waals surface area contributed by atoms with E-state index in [1.54, 1.807) is 0 Å². The summed E-state index contributed by atoms with van der Waals surface area (Å²) in [5, 5.41) is 7.87. The molecule has 0 spiro atoms. The van der Waals surface area contributed by atoms with Crippen molar-refractivity contribution in [3.8, 4) is 0 Å². The highest BCUT2D eigenvalue weighted by Gasteiger charge is 2.39. The van der Waals surface area contributed by atoms with Crippen LogP contribution in [0.2, 0.25) is 0 Å². The van der Waals surface area contributed by atoms with Gasteiger partial charge in [0.15, 0.2) is 0 Å². The summed E-state index contributed by atoms with van der Waals surface area (Å²) >= 11 is 7.49. The number of fused-ring (bicyclic) bond motifs is 1. The van der Waals surface area contributed by atoms with Gasteiger partial charge >= 0.3 is 0 Å². The Kier molecular flexibility index (Phi) is 4.35. The zero-order valence-corrected chi connectivity index (χ0v) is 16.3. The van der Waals surface area contributed by atoms with Crippen molar-refractivity contribution < 1.29 is 4.79 Å². The molecule has 1 atom stereocenters. The van der Waals surface area contributed by atoms with Crippen molar-refractivity contribution in [2.24, 2.45) is 5.92 Å². The molecule has 1 fully saturated rings. The lowest BCUT2D eigenvalue weighted by Crippen LogP contribution is -2.56. The molecule has 4 nitrogen and oxygen atoms in total. The number of carbonyl (C=O) groups is 1. The molecule has 120 valence electrons. The topological polar surface area (TPSA) is 46.9 Å². The van der Waals surface area contributed by atoms with Gasteiger partial charge in [0.1, 0.15) is 3.70 Å². The Bertz CT molecular complexity index is 630. The molecule has 22 heavy (non-hydrogen) atoms. The van der Waals surface area contributed by atoms with Crippen LogP contribution in [-0.2, 0) is 17.6 Å². The van der Waals surface area contributed by atoms with Crippen LogP contribution in [-0.4, -0.2) is 26.1 Å². The Morgan fingerprint density at radius 1 is 1.50 bits per heavy atom. The molecule has 0 bridgehead atoms. The van der Waals surface area contributed by atoms with Crippen molar-refractivity contribution in [2.75, 3.05) is 0 Å². The van der Waals surface area contributed by atoms with Crippen molar-refractivity contribution in [3.05, 3.63) is 15.0 Å². The molecule has 1 amide bonds. The number of halogens is 1. The molecule has 0 aliphatic heterocycles. The van der Waals surface area contributed by atoms with E-state index >= 15 is 0 Å². The molecule has 0 saturated heterocycles. The van der Waals surface area contributed by atoms with Crippen LogP contribution in [0.15, 0.2) is 0 Å². The molecule has 1 unspecified atom stereocenters. The second-order valence-corrected chi connectivity index (χ2v) is 8.74. The van der Waals surface area contributed by atoms with Gasteiger partial charge in [0.05, 0.1) is 0 Å². The number of hydrogen-bond donors (Lipinski definition) is 1. The van der Waals surface area contributed by atoms with Gasteiger partial charge in [-0.25, -0.2) is 0 Å². The zero-order valence-electron chi connectivity index (χ0n) is 13.3. The fraction of sp³-hybridized carbons (Fsp3) is 0.688. The normalized spacial score (nSPS) is 23.1. The molecule has 3 rings (SSSR count). The molecular formula is C16H22IN3OS. The van der Waals surface area contributed by atoms with E-state index in [1.165, 1.54) is 11.3 Å². The average molecular weight is 431 g/mol. The monoisotopic (exact) mass is 431 g/mol. The maximum Gasteiger partial charge on any atom is 0.223 e. The highest BCUT2D eigenvalue weighted by Crippen LogP contribution is 2.33. The van der Waals surface area contributed by atoms with Crippen LogP contribution in [0.4, 0.5) is 0 Å². The third-order valence-corrected chi connectivity index (χ3v) is 5.87. The summed E-state index contributed by atoms with van der Waals surface area (Å²) in [5.74, 6) is 0.241. The number of carbonyl (C=O) groups excluding carboxylic acids is 1. The zero-order chi connectivity index (χ0) is 16.1. The van der Waals surface area contributed by atoms with Crippen molar-refractivity contribution in [1.82, 2.24) is 15.1 Å². The van der Waals surface area contributed by atoms with Gasteiger partial charge in [-0.3, -0.25) is 9.48 Å². The summed E-state index contributed by atoms with van der Waals surface area (Å²) in [6.45, 7) is 6.38. The fourth-order valence-electron chi connectivity index (χ4n) is 3.55. The molecule has 1 heterocycles. The lowest BCUT2D eigenvalue weighted by Gasteiger charge is -2.41. The van der Waals surface area contributed by atoms with Gasteiger partial charge in [0, 0.05) is 48.0 Å². The van der Waals surface area contributed by atoms with Crippen LogP contribution < -0.4 is 5.32 Å². The van der Waals surface area contributed by atoms with Gasteiger partial charge < -0.3 is 5.32 Å². The second-order valence-electron chi connectivity index (χ2n) is 7.14. The van der Waals surface area contributed by atoms with E-state index in [0.717, 1.165) is 40.7 Å². The van der Waals surface area contributed by atoms with Gasteiger partial charge in [-0.1, -0.05) is 12.2 Å². The van der Waals surface area contributed by atoms with E-state index in [4.69, 9.17) is 12.2 Å². The Balaban J connectivity index is 1.73. The Morgan fingerprint density at radius 3 is 2.77 bits per heavy atom. The van der Waals surface area contributed by atoms with Crippen LogP contribution in [0.1, 0.15) is 57.3 Å². The first-order valence-electron chi connectivity index (χ1n) is 7.88. The van der Waals surface area contributed by atoms with E-state index < -0.39 is 0 Å². The summed E-state index contributed by atoms with van der Waals surface area (Å²) in [5.41, 5.74) is 2.48. The maximum absolute atomic E-state index is 12.6. The molecular weight excluding hydrogens is 409 g/mol. The van der Waals surface area contributed by atoms with Crippen LogP contribution >= 0.6 is 34.8 Å². The lowest BCUT2D eigenvalue weighted by atomic mass is 9.77. The van der Waals surface area contributed by atoms with E-state index in [9.17, 15) is 4.79 Å². The molecule has 2 aliphatic carbocycles. The summed E-state index contributed by atoms with van der Waals surface area (Å²) < 4.78 is 3.19. The van der Waals surface area contributed by atoms with E-state index in [0.29, 0.717) is 6.04 Å². The summed E-state index contributed by atoms with van der Waals surface area (Å²) in [4.78, 5) is 13.7. The van der Waals surface area contributed by atoms with Crippen molar-refractivity contribution >= 4 is 45.6 Å². The third-order valence-electron chi connectivity index (χ3n) is 4.71. The predicted molar refractivity (Wildman–Crippen MR) is 99.2 cm³/mol. The SMILES string of the molecule is CC(C)n1nc(I)c2c1CC(C(=O)NC1(C)CC(=S)C1)CC2. The smallest absolute Gasteiger partial charge is 0.223 e. The standard InChI is InChI=1S/C16H22IN3OS/c1-9(2)20-13-6-10(4-5-12(13)14(17)19-20)15(21)18-16(3)7-11(22)8-16/h9-10H,4-8H2,1-3H3,(H,18,21). The summed E-state index contributed by atoms with van der Waals surface area (Å²) in [6, 6.07) is 0.334. The largest absolute Gasteiger partial charge is 0.350 e. The second kappa shape index (κ2) is 5.85. The van der Waals surface area contributed by atoms with Gasteiger partial charge in [0.25, 0.3) is 0 Å². The van der Waals surface area contributed by atoms with E-state index in [1.807, 2.05) is 0 Å². The Morgan fingerprint density at radius 2 is 2.18 bits per heavy atom. The van der Waals surface area contributed by atoms with Gasteiger partial charge in [-0.2, -0.15) is 5.10 Å². The number of nitrogens with zero attached hydrogens (tertiary/aromatic N) is 2. The van der Waals surface area contributed by atoms with E-state index in [2.05, 4.69) is 58.5 Å². The van der Waals surface area contributed by atoms with E-state index in [-0.39, 0.29) is 17.4 Å². The van der Waals surface area contributed by atoms with Crippen LogP contribution in [0.25, 0.3) is 0 Å². The molecule has 1 saturated carbocycles. The number of nitrogens with one attached hydrogen (secondary N) is 1. The first-order chi connectivity index (χ1) is 10.3. The van der Waals surface area contributed by atoms with Gasteiger partial charge in [-0.05, 0) is 61.1 Å². The number of hydrogen-bond acceptors (Lipinski definition) is 3. The first-order valence-corrected chi connectivity index (χ1v) is 9.37. The van der Waals surface area contributed by atoms with Crippen molar-refractivity contribution in [1.29, 1.82) is 0 Å². The predicted octanol–water partition coefficient (Wildman–Crippen LogP) is 3.21. The molecule has 1 aromatic rings. The van der Waals surface area contributed by atoms with Crippen LogP contribution in [0, 0.1) is 9.62 Å². The van der Waals surface area contributed by atoms with Gasteiger partial charge in [0.2, 0.25) is 5.91 Å². The Hall–Kier alpha value is -0.500. The fourth-order valence-corrected chi connectivity index (χ4v) is 5.00. The number of amides is 1. The molecule has 2 aliphatic rings. The number of rotatable bonds is 3. The Labute approximate surface area is 150 Å². The summed E-state index contributed by atoms with van der Waals surface area (Å²) in [6.07, 6.45) is 4.35. The minimum absolute atomic E-state index is 0.0588. The number of aromatic nitrogens is 2. The maximum atomic E-state index is 12.6. The number of thiocarbonyl (C=S) groups is 1. The molecule has 6 heteroatoms. The summed E-state index contributed by atoms with van der Waals surface area (Å²) in [7, 11) is 0.